The van der Waals surface area contributed by atoms with Crippen molar-refractivity contribution < 1.29 is 4.79 Å². The molecule has 90 valence electrons. The third-order valence-electron chi connectivity index (χ3n) is 2.42. The highest BCUT2D eigenvalue weighted by Gasteiger charge is 2.12. The molecule has 3 N–H and O–H groups in total. The van der Waals surface area contributed by atoms with Gasteiger partial charge in [0.1, 0.15) is 0 Å². The number of carbonyl (C=O) groups excluding carboxylic acids is 1. The molecule has 0 radical (unpaired) electrons. The van der Waals surface area contributed by atoms with Gasteiger partial charge in [-0.1, -0.05) is 6.92 Å². The highest BCUT2D eigenvalue weighted by molar-refractivity contribution is 7.14. The van der Waals surface area contributed by atoms with Crippen LogP contribution < -0.4 is 11.3 Å². The second-order valence-electron chi connectivity index (χ2n) is 3.90. The zero-order valence-corrected chi connectivity index (χ0v) is 10.9. The predicted octanol–water partition coefficient (Wildman–Crippen LogP) is 1.50. The molecule has 0 aliphatic heterocycles. The molecule has 0 saturated heterocycles. The fourth-order valence-electron chi connectivity index (χ4n) is 1.61. The van der Waals surface area contributed by atoms with E-state index in [9.17, 15) is 4.79 Å². The number of rotatable bonds is 5. The molecule has 0 bridgehead atoms. The summed E-state index contributed by atoms with van der Waals surface area (Å²) in [7, 11) is 2.09. The topological polar surface area (TPSA) is 58.4 Å². The number of carbonyl (C=O) groups is 1. The van der Waals surface area contributed by atoms with Crippen molar-refractivity contribution in [1.82, 2.24) is 10.3 Å². The fraction of sp³-hybridized carbons (Fsp3) is 0.545. The smallest absolute Gasteiger partial charge is 0.275 e. The van der Waals surface area contributed by atoms with Crippen molar-refractivity contribution in [3.05, 3.63) is 21.4 Å². The summed E-state index contributed by atoms with van der Waals surface area (Å²) >= 11 is 1.49. The maximum Gasteiger partial charge on any atom is 0.275 e. The summed E-state index contributed by atoms with van der Waals surface area (Å²) in [5.74, 6) is 4.90. The Morgan fingerprint density at radius 2 is 2.31 bits per heavy atom. The number of hydrogen-bond acceptors (Lipinski definition) is 4. The lowest BCUT2D eigenvalue weighted by Gasteiger charge is -2.14. The van der Waals surface area contributed by atoms with Gasteiger partial charge < -0.3 is 4.90 Å². The Balaban J connectivity index is 2.74. The first-order valence-corrected chi connectivity index (χ1v) is 6.19. The van der Waals surface area contributed by atoms with Gasteiger partial charge in [0, 0.05) is 11.4 Å². The van der Waals surface area contributed by atoms with Crippen molar-refractivity contribution in [3.63, 3.8) is 0 Å². The van der Waals surface area contributed by atoms with Crippen molar-refractivity contribution in [3.8, 4) is 0 Å². The average Bonchev–Trinajstić information content (AvgIpc) is 2.59. The number of aryl methyl sites for hydroxylation is 1. The van der Waals surface area contributed by atoms with Crippen LogP contribution in [0.5, 0.6) is 0 Å². The van der Waals surface area contributed by atoms with Gasteiger partial charge in [0.25, 0.3) is 5.91 Å². The summed E-state index contributed by atoms with van der Waals surface area (Å²) in [4.78, 5) is 15.5. The lowest BCUT2D eigenvalue weighted by atomic mass is 10.2. The highest BCUT2D eigenvalue weighted by Crippen LogP contribution is 2.22. The maximum atomic E-state index is 11.4. The van der Waals surface area contributed by atoms with Gasteiger partial charge in [-0.15, -0.1) is 11.3 Å². The van der Waals surface area contributed by atoms with Crippen LogP contribution in [0.1, 0.15) is 33.5 Å². The highest BCUT2D eigenvalue weighted by atomic mass is 32.1. The van der Waals surface area contributed by atoms with Crippen LogP contribution in [0.3, 0.4) is 0 Å². The van der Waals surface area contributed by atoms with E-state index in [0.717, 1.165) is 19.5 Å². The third kappa shape index (κ3) is 3.30. The second-order valence-corrected chi connectivity index (χ2v) is 5.16. The van der Waals surface area contributed by atoms with Crippen LogP contribution in [0.25, 0.3) is 0 Å². The Hall–Kier alpha value is -0.910. The first-order chi connectivity index (χ1) is 7.58. The Bertz CT molecular complexity index is 362. The Labute approximate surface area is 100 Å². The Morgan fingerprint density at radius 3 is 2.88 bits per heavy atom. The minimum atomic E-state index is -0.211. The molecule has 4 nitrogen and oxygen atoms in total. The van der Waals surface area contributed by atoms with Crippen LogP contribution in [0, 0.1) is 6.92 Å². The van der Waals surface area contributed by atoms with Crippen molar-refractivity contribution in [1.29, 1.82) is 0 Å². The molecule has 1 heterocycles. The molecule has 0 aromatic carbocycles. The van der Waals surface area contributed by atoms with Gasteiger partial charge in [0.05, 0.1) is 4.88 Å². The van der Waals surface area contributed by atoms with Gasteiger partial charge >= 0.3 is 0 Å². The van der Waals surface area contributed by atoms with Gasteiger partial charge in [0.2, 0.25) is 0 Å². The van der Waals surface area contributed by atoms with Gasteiger partial charge in [-0.05, 0) is 38.6 Å². The lowest BCUT2D eigenvalue weighted by molar-refractivity contribution is 0.0957. The molecular weight excluding hydrogens is 222 g/mol. The Kier molecular flexibility index (Phi) is 4.92. The van der Waals surface area contributed by atoms with Gasteiger partial charge in [-0.3, -0.25) is 10.2 Å². The van der Waals surface area contributed by atoms with Crippen molar-refractivity contribution >= 4 is 17.2 Å². The number of nitrogens with zero attached hydrogens (tertiary/aromatic N) is 1. The quantitative estimate of drug-likeness (QED) is 0.466. The predicted molar refractivity (Wildman–Crippen MR) is 67.3 cm³/mol. The first kappa shape index (κ1) is 13.2. The molecule has 0 aliphatic carbocycles. The van der Waals surface area contributed by atoms with Crippen LogP contribution in [-0.4, -0.2) is 24.4 Å². The summed E-state index contributed by atoms with van der Waals surface area (Å²) < 4.78 is 0. The molecule has 0 saturated carbocycles. The minimum absolute atomic E-state index is 0.211. The van der Waals surface area contributed by atoms with E-state index in [1.807, 2.05) is 13.0 Å². The number of hydrazine groups is 1. The summed E-state index contributed by atoms with van der Waals surface area (Å²) in [5.41, 5.74) is 3.37. The molecule has 0 unspecified atom stereocenters. The van der Waals surface area contributed by atoms with Crippen molar-refractivity contribution in [2.45, 2.75) is 26.8 Å². The monoisotopic (exact) mass is 241 g/mol. The number of thiophene rings is 1. The molecule has 0 aliphatic rings. The van der Waals surface area contributed by atoms with E-state index in [4.69, 9.17) is 5.84 Å². The maximum absolute atomic E-state index is 11.4. The van der Waals surface area contributed by atoms with Crippen LogP contribution >= 0.6 is 11.3 Å². The van der Waals surface area contributed by atoms with E-state index < -0.39 is 0 Å². The number of nitrogen functional groups attached to an aromatic ring is 1. The van der Waals surface area contributed by atoms with E-state index in [0.29, 0.717) is 4.88 Å². The summed E-state index contributed by atoms with van der Waals surface area (Å²) in [5, 5.41) is 0. The number of nitrogens with one attached hydrogen (secondary N) is 1. The molecule has 1 rings (SSSR count). The standard InChI is InChI=1S/C11H19N3OS/c1-4-5-14(3)7-9-6-10(11(15)13-12)16-8(9)2/h6H,4-5,7,12H2,1-3H3,(H,13,15). The zero-order chi connectivity index (χ0) is 12.1. The molecule has 1 aromatic heterocycles. The van der Waals surface area contributed by atoms with Crippen LogP contribution in [0.15, 0.2) is 6.07 Å². The van der Waals surface area contributed by atoms with E-state index in [2.05, 4.69) is 24.3 Å². The zero-order valence-electron chi connectivity index (χ0n) is 10.0. The SMILES string of the molecule is CCCN(C)Cc1cc(C(=O)NN)sc1C. The molecule has 5 heteroatoms. The summed E-state index contributed by atoms with van der Waals surface area (Å²) in [6, 6.07) is 1.92. The van der Waals surface area contributed by atoms with Crippen LogP contribution in [0.4, 0.5) is 0 Å². The largest absolute Gasteiger partial charge is 0.302 e. The number of hydrogen-bond donors (Lipinski definition) is 2. The fourth-order valence-corrected chi connectivity index (χ4v) is 2.55. The molecule has 16 heavy (non-hydrogen) atoms. The summed E-state index contributed by atoms with van der Waals surface area (Å²) in [6.45, 7) is 6.14. The normalized spacial score (nSPS) is 10.8. The van der Waals surface area contributed by atoms with E-state index in [1.54, 1.807) is 0 Å². The molecule has 0 fully saturated rings. The Morgan fingerprint density at radius 1 is 1.62 bits per heavy atom. The van der Waals surface area contributed by atoms with Crippen LogP contribution in [-0.2, 0) is 6.54 Å². The first-order valence-electron chi connectivity index (χ1n) is 5.37. The van der Waals surface area contributed by atoms with Crippen LogP contribution in [0.2, 0.25) is 0 Å². The van der Waals surface area contributed by atoms with E-state index in [1.165, 1.54) is 21.8 Å². The van der Waals surface area contributed by atoms with E-state index >= 15 is 0 Å². The van der Waals surface area contributed by atoms with E-state index in [-0.39, 0.29) is 5.91 Å². The van der Waals surface area contributed by atoms with Crippen molar-refractivity contribution in [2.24, 2.45) is 5.84 Å². The molecular formula is C11H19N3OS. The molecule has 0 spiro atoms. The third-order valence-corrected chi connectivity index (χ3v) is 3.51. The second kappa shape index (κ2) is 5.98. The number of amides is 1. The van der Waals surface area contributed by atoms with Gasteiger partial charge in [0.15, 0.2) is 0 Å². The molecule has 1 amide bonds. The minimum Gasteiger partial charge on any atom is -0.302 e. The molecule has 1 aromatic rings. The van der Waals surface area contributed by atoms with Gasteiger partial charge in [-0.2, -0.15) is 0 Å². The number of nitrogens with two attached hydrogens (primary N) is 1. The average molecular weight is 241 g/mol. The molecule has 0 atom stereocenters. The van der Waals surface area contributed by atoms with Gasteiger partial charge in [-0.25, -0.2) is 5.84 Å². The summed E-state index contributed by atoms with van der Waals surface area (Å²) in [6.07, 6.45) is 1.13. The van der Waals surface area contributed by atoms with Crippen molar-refractivity contribution in [2.75, 3.05) is 13.6 Å². The lowest BCUT2D eigenvalue weighted by Crippen LogP contribution is -2.29.